The van der Waals surface area contributed by atoms with Crippen LogP contribution in [0.5, 0.6) is 0 Å². The summed E-state index contributed by atoms with van der Waals surface area (Å²) in [5.74, 6) is 0.635. The number of carbonyl (C=O) groups excluding carboxylic acids is 2. The van der Waals surface area contributed by atoms with Crippen LogP contribution >= 0.6 is 0 Å². The standard InChI is InChI=1S/C21H20F3N5O2/c1-20(23,24)21(6-5-12-3-4-12)14-10-15(22)13(9-16(14)27-19(31)28-21)11-29(2)18(30)17-25-7-8-26-17/h7-10,12H,3-4,11H2,1-2H3,(H,25,26)(H2,27,28,31). The molecule has 1 aromatic carbocycles. The molecule has 3 amide bonds. The quantitative estimate of drug-likeness (QED) is 0.650. The molecule has 2 aromatic rings. The number of urea groups is 1. The van der Waals surface area contributed by atoms with Gasteiger partial charge in [-0.05, 0) is 25.0 Å². The van der Waals surface area contributed by atoms with Gasteiger partial charge in [0.15, 0.2) is 11.4 Å². The maximum atomic E-state index is 15.0. The maximum absolute atomic E-state index is 15.0. The zero-order chi connectivity index (χ0) is 22.4. The number of hydrogen-bond acceptors (Lipinski definition) is 3. The summed E-state index contributed by atoms with van der Waals surface area (Å²) in [6.45, 7) is 0.483. The Hall–Kier alpha value is -3.48. The minimum absolute atomic E-state index is 0.000143. The van der Waals surface area contributed by atoms with Gasteiger partial charge >= 0.3 is 6.03 Å². The third-order valence-corrected chi connectivity index (χ3v) is 5.29. The predicted molar refractivity (Wildman–Crippen MR) is 106 cm³/mol. The summed E-state index contributed by atoms with van der Waals surface area (Å²) in [5, 5.41) is 4.66. The van der Waals surface area contributed by atoms with E-state index in [-0.39, 0.29) is 35.1 Å². The molecule has 2 heterocycles. The van der Waals surface area contributed by atoms with Gasteiger partial charge in [-0.1, -0.05) is 11.8 Å². The maximum Gasteiger partial charge on any atom is 0.320 e. The lowest BCUT2D eigenvalue weighted by molar-refractivity contribution is -0.0465. The number of hydrogen-bond donors (Lipinski definition) is 3. The van der Waals surface area contributed by atoms with Crippen LogP contribution in [0.2, 0.25) is 0 Å². The highest BCUT2D eigenvalue weighted by molar-refractivity contribution is 5.95. The Bertz CT molecular complexity index is 1100. The number of aromatic nitrogens is 2. The van der Waals surface area contributed by atoms with E-state index in [9.17, 15) is 22.8 Å². The van der Waals surface area contributed by atoms with Crippen LogP contribution in [0.1, 0.15) is 41.5 Å². The third kappa shape index (κ3) is 3.83. The molecule has 0 radical (unpaired) electrons. The van der Waals surface area contributed by atoms with Gasteiger partial charge in [-0.2, -0.15) is 0 Å². The van der Waals surface area contributed by atoms with E-state index in [2.05, 4.69) is 32.4 Å². The van der Waals surface area contributed by atoms with Crippen LogP contribution in [0.3, 0.4) is 0 Å². The van der Waals surface area contributed by atoms with E-state index in [0.717, 1.165) is 18.9 Å². The molecule has 1 aliphatic heterocycles. The number of H-pyrrole nitrogens is 1. The van der Waals surface area contributed by atoms with E-state index in [4.69, 9.17) is 0 Å². The summed E-state index contributed by atoms with van der Waals surface area (Å²) in [4.78, 5) is 32.4. The normalized spacial score (nSPS) is 20.1. The van der Waals surface area contributed by atoms with Gasteiger partial charge in [0, 0.05) is 55.6 Å². The first-order valence-electron chi connectivity index (χ1n) is 9.68. The fourth-order valence-electron chi connectivity index (χ4n) is 3.43. The molecule has 162 valence electrons. The van der Waals surface area contributed by atoms with Gasteiger partial charge in [0.05, 0.1) is 0 Å². The smallest absolute Gasteiger partial charge is 0.320 e. The van der Waals surface area contributed by atoms with Crippen molar-refractivity contribution in [3.05, 3.63) is 47.3 Å². The highest BCUT2D eigenvalue weighted by Gasteiger charge is 2.55. The number of carbonyl (C=O) groups is 2. The first-order chi connectivity index (χ1) is 14.6. The molecule has 31 heavy (non-hydrogen) atoms. The van der Waals surface area contributed by atoms with Crippen molar-refractivity contribution >= 4 is 17.6 Å². The molecule has 1 fully saturated rings. The molecule has 7 nitrogen and oxygen atoms in total. The number of halogens is 3. The Morgan fingerprint density at radius 2 is 2.13 bits per heavy atom. The summed E-state index contributed by atoms with van der Waals surface area (Å²) >= 11 is 0. The Morgan fingerprint density at radius 1 is 1.39 bits per heavy atom. The second-order valence-electron chi connectivity index (χ2n) is 7.85. The molecule has 1 aromatic heterocycles. The molecule has 2 aliphatic rings. The number of anilines is 1. The molecule has 0 spiro atoms. The van der Waals surface area contributed by atoms with Crippen molar-refractivity contribution in [2.24, 2.45) is 5.92 Å². The lowest BCUT2D eigenvalue weighted by Crippen LogP contribution is -2.59. The highest BCUT2D eigenvalue weighted by Crippen LogP contribution is 2.44. The lowest BCUT2D eigenvalue weighted by atomic mass is 9.81. The van der Waals surface area contributed by atoms with Crippen molar-refractivity contribution in [2.45, 2.75) is 37.8 Å². The van der Waals surface area contributed by atoms with Crippen molar-refractivity contribution in [1.82, 2.24) is 20.2 Å². The number of fused-ring (bicyclic) bond motifs is 1. The van der Waals surface area contributed by atoms with Crippen LogP contribution in [0, 0.1) is 23.6 Å². The molecule has 10 heteroatoms. The number of nitrogens with one attached hydrogen (secondary N) is 3. The summed E-state index contributed by atoms with van der Waals surface area (Å²) in [6, 6.07) is 1.34. The second kappa shape index (κ2) is 7.34. The van der Waals surface area contributed by atoms with Crippen LogP contribution in [0.4, 0.5) is 23.7 Å². The van der Waals surface area contributed by atoms with Crippen LogP contribution in [-0.2, 0) is 12.1 Å². The third-order valence-electron chi connectivity index (χ3n) is 5.29. The van der Waals surface area contributed by atoms with Crippen LogP contribution in [0.25, 0.3) is 0 Å². The second-order valence-corrected chi connectivity index (χ2v) is 7.85. The summed E-state index contributed by atoms with van der Waals surface area (Å²) in [5.41, 5.74) is -2.45. The molecule has 1 atom stereocenters. The summed E-state index contributed by atoms with van der Waals surface area (Å²) in [6.07, 6.45) is 4.51. The number of imidazole rings is 1. The molecule has 0 bridgehead atoms. The Morgan fingerprint density at radius 3 is 2.74 bits per heavy atom. The summed E-state index contributed by atoms with van der Waals surface area (Å²) in [7, 11) is 1.45. The van der Waals surface area contributed by atoms with E-state index in [0.29, 0.717) is 6.92 Å². The number of alkyl halides is 2. The molecular weight excluding hydrogens is 411 g/mol. The monoisotopic (exact) mass is 431 g/mol. The largest absolute Gasteiger partial charge is 0.341 e. The molecular formula is C21H20F3N5O2. The van der Waals surface area contributed by atoms with Gasteiger partial charge in [0.1, 0.15) is 5.82 Å². The zero-order valence-electron chi connectivity index (χ0n) is 16.9. The van der Waals surface area contributed by atoms with Crippen LogP contribution in [0.15, 0.2) is 24.5 Å². The van der Waals surface area contributed by atoms with Crippen molar-refractivity contribution < 1.29 is 22.8 Å². The molecule has 1 unspecified atom stereocenters. The average Bonchev–Trinajstić information content (AvgIpc) is 3.36. The van der Waals surface area contributed by atoms with Crippen LogP contribution < -0.4 is 10.6 Å². The molecule has 1 saturated carbocycles. The van der Waals surface area contributed by atoms with Crippen LogP contribution in [-0.4, -0.2) is 39.8 Å². The van der Waals surface area contributed by atoms with Gasteiger partial charge in [0.25, 0.3) is 11.8 Å². The fraction of sp³-hybridized carbons (Fsp3) is 0.381. The number of rotatable bonds is 4. The number of aromatic amines is 1. The molecule has 4 rings (SSSR count). The first kappa shape index (κ1) is 20.8. The molecule has 3 N–H and O–H groups in total. The average molecular weight is 431 g/mol. The van der Waals surface area contributed by atoms with Gasteiger partial charge in [-0.15, -0.1) is 0 Å². The first-order valence-corrected chi connectivity index (χ1v) is 9.68. The summed E-state index contributed by atoms with van der Waals surface area (Å²) < 4.78 is 44.5. The van der Waals surface area contributed by atoms with Crippen molar-refractivity contribution in [2.75, 3.05) is 12.4 Å². The SMILES string of the molecule is CN(Cc1cc2c(cc1F)C(C#CC1CC1)(C(C)(F)F)NC(=O)N2)C(=O)c1ncc[nH]1. The van der Waals surface area contributed by atoms with E-state index < -0.39 is 29.2 Å². The molecule has 0 saturated heterocycles. The number of benzene rings is 1. The predicted octanol–water partition coefficient (Wildman–Crippen LogP) is 3.22. The van der Waals surface area contributed by atoms with Gasteiger partial charge in [-0.3, -0.25) is 4.79 Å². The Kier molecular flexibility index (Phi) is 4.92. The van der Waals surface area contributed by atoms with E-state index in [1.54, 1.807) is 0 Å². The van der Waals surface area contributed by atoms with Crippen molar-refractivity contribution in [1.29, 1.82) is 0 Å². The molecule has 1 aliphatic carbocycles. The van der Waals surface area contributed by atoms with Gasteiger partial charge < -0.3 is 20.5 Å². The number of amides is 3. The van der Waals surface area contributed by atoms with E-state index >= 15 is 0 Å². The minimum Gasteiger partial charge on any atom is -0.341 e. The minimum atomic E-state index is -3.48. The number of nitrogens with zero attached hydrogens (tertiary/aromatic N) is 2. The zero-order valence-corrected chi connectivity index (χ0v) is 16.9. The van der Waals surface area contributed by atoms with Crippen molar-refractivity contribution in [3.8, 4) is 11.8 Å². The Balaban J connectivity index is 1.73. The van der Waals surface area contributed by atoms with Crippen molar-refractivity contribution in [3.63, 3.8) is 0 Å². The lowest BCUT2D eigenvalue weighted by Gasteiger charge is -2.40. The van der Waals surface area contributed by atoms with E-state index in [1.165, 1.54) is 30.4 Å². The highest BCUT2D eigenvalue weighted by atomic mass is 19.3. The van der Waals surface area contributed by atoms with E-state index in [1.807, 2.05) is 0 Å². The Labute approximate surface area is 176 Å². The van der Waals surface area contributed by atoms with Gasteiger partial charge in [0.2, 0.25) is 0 Å². The fourth-order valence-corrected chi connectivity index (χ4v) is 3.43. The topological polar surface area (TPSA) is 90.1 Å². The van der Waals surface area contributed by atoms with Gasteiger partial charge in [-0.25, -0.2) is 22.9 Å².